The Morgan fingerprint density at radius 3 is 2.53 bits per heavy atom. The van der Waals surface area contributed by atoms with Crippen LogP contribution in [0.5, 0.6) is 5.75 Å². The van der Waals surface area contributed by atoms with Crippen molar-refractivity contribution < 1.29 is 13.5 Å². The molecule has 15 heavy (non-hydrogen) atoms. The highest BCUT2D eigenvalue weighted by atomic mass is 35.5. The summed E-state index contributed by atoms with van der Waals surface area (Å²) < 4.78 is 28.7. The molecule has 0 atom stereocenters. The number of nitrogens with two attached hydrogens (primary N) is 1. The molecule has 0 aromatic heterocycles. The summed E-state index contributed by atoms with van der Waals surface area (Å²) in [6.07, 6.45) is -2.55. The first-order chi connectivity index (χ1) is 7.04. The smallest absolute Gasteiger partial charge is 0.272 e. The second-order valence-electron chi connectivity index (χ2n) is 2.78. The van der Waals surface area contributed by atoms with Crippen molar-refractivity contribution in [2.24, 2.45) is 5.73 Å². The Morgan fingerprint density at radius 2 is 2.00 bits per heavy atom. The third-order valence-electron chi connectivity index (χ3n) is 1.66. The van der Waals surface area contributed by atoms with Crippen molar-refractivity contribution in [3.8, 4) is 5.75 Å². The van der Waals surface area contributed by atoms with Crippen LogP contribution < -0.4 is 10.5 Å². The normalized spacial score (nSPS) is 10.8. The molecule has 0 saturated carbocycles. The van der Waals surface area contributed by atoms with E-state index in [4.69, 9.17) is 33.7 Å². The molecule has 2 N–H and O–H groups in total. The minimum Gasteiger partial charge on any atom is -0.486 e. The zero-order valence-electron chi connectivity index (χ0n) is 7.64. The molecule has 0 aliphatic carbocycles. The molecule has 0 spiro atoms. The van der Waals surface area contributed by atoms with Gasteiger partial charge in [0.15, 0.2) is 0 Å². The monoisotopic (exact) mass is 255 g/mol. The Balaban J connectivity index is 2.93. The summed E-state index contributed by atoms with van der Waals surface area (Å²) in [4.78, 5) is 0. The van der Waals surface area contributed by atoms with Gasteiger partial charge >= 0.3 is 0 Å². The van der Waals surface area contributed by atoms with E-state index in [1.807, 2.05) is 0 Å². The zero-order valence-corrected chi connectivity index (χ0v) is 9.16. The fraction of sp³-hybridized carbons (Fsp3) is 0.333. The fourth-order valence-electron chi connectivity index (χ4n) is 1.07. The quantitative estimate of drug-likeness (QED) is 0.898. The minimum absolute atomic E-state index is 0.124. The molecule has 0 fully saturated rings. The van der Waals surface area contributed by atoms with Crippen LogP contribution in [0.2, 0.25) is 10.0 Å². The lowest BCUT2D eigenvalue weighted by Crippen LogP contribution is -2.10. The van der Waals surface area contributed by atoms with Crippen molar-refractivity contribution in [3.63, 3.8) is 0 Å². The van der Waals surface area contributed by atoms with E-state index in [2.05, 4.69) is 0 Å². The van der Waals surface area contributed by atoms with Crippen LogP contribution in [0.1, 0.15) is 5.56 Å². The summed E-state index contributed by atoms with van der Waals surface area (Å²) in [6.45, 7) is -0.590. The number of halogens is 4. The van der Waals surface area contributed by atoms with Gasteiger partial charge in [-0.1, -0.05) is 23.2 Å². The van der Waals surface area contributed by atoms with Gasteiger partial charge in [0.2, 0.25) is 0 Å². The molecule has 0 aliphatic heterocycles. The van der Waals surface area contributed by atoms with Gasteiger partial charge in [0, 0.05) is 17.1 Å². The van der Waals surface area contributed by atoms with Gasteiger partial charge in [-0.05, 0) is 12.1 Å². The summed E-state index contributed by atoms with van der Waals surface area (Å²) in [6, 6.07) is 2.96. The molecule has 6 heteroatoms. The third kappa shape index (κ3) is 3.48. The number of rotatable bonds is 4. The second-order valence-corrected chi connectivity index (χ2v) is 3.63. The van der Waals surface area contributed by atoms with Crippen LogP contribution in [-0.4, -0.2) is 13.0 Å². The SMILES string of the molecule is NCc1cc(Cl)cc(Cl)c1OCC(F)F. The standard InChI is InChI=1S/C9H9Cl2F2NO/c10-6-1-5(3-14)9(7(11)2-6)15-4-8(12)13/h1-2,8H,3-4,14H2. The summed E-state index contributed by atoms with van der Waals surface area (Å²) in [5.41, 5.74) is 5.92. The van der Waals surface area contributed by atoms with E-state index in [9.17, 15) is 8.78 Å². The molecule has 0 bridgehead atoms. The van der Waals surface area contributed by atoms with Gasteiger partial charge in [-0.2, -0.15) is 0 Å². The molecule has 2 nitrogen and oxygen atoms in total. The highest BCUT2D eigenvalue weighted by Gasteiger charge is 2.12. The van der Waals surface area contributed by atoms with Gasteiger partial charge in [0.05, 0.1) is 5.02 Å². The molecule has 0 heterocycles. The molecule has 0 radical (unpaired) electrons. The van der Waals surface area contributed by atoms with Crippen molar-refractivity contribution in [3.05, 3.63) is 27.7 Å². The van der Waals surface area contributed by atoms with Crippen LogP contribution in [0.4, 0.5) is 8.78 Å². The molecule has 1 rings (SSSR count). The Bertz CT molecular complexity index is 347. The highest BCUT2D eigenvalue weighted by molar-refractivity contribution is 6.35. The molecule has 0 aliphatic rings. The van der Waals surface area contributed by atoms with Crippen LogP contribution in [0.15, 0.2) is 12.1 Å². The molecule has 0 amide bonds. The predicted molar refractivity (Wildman–Crippen MR) is 55.9 cm³/mol. The van der Waals surface area contributed by atoms with Crippen LogP contribution >= 0.6 is 23.2 Å². The van der Waals surface area contributed by atoms with Crippen molar-refractivity contribution >= 4 is 23.2 Å². The lowest BCUT2D eigenvalue weighted by atomic mass is 10.2. The molecular formula is C9H9Cl2F2NO. The Labute approximate surface area is 95.9 Å². The van der Waals surface area contributed by atoms with Gasteiger partial charge in [0.25, 0.3) is 6.43 Å². The zero-order chi connectivity index (χ0) is 11.4. The number of benzene rings is 1. The van der Waals surface area contributed by atoms with Crippen LogP contribution in [0.3, 0.4) is 0 Å². The summed E-state index contributed by atoms with van der Waals surface area (Å²) in [5.74, 6) is 0.170. The Kier molecular flexibility index (Phi) is 4.57. The fourth-order valence-corrected chi connectivity index (χ4v) is 1.66. The van der Waals surface area contributed by atoms with Gasteiger partial charge in [-0.25, -0.2) is 8.78 Å². The summed E-state index contributed by atoms with van der Waals surface area (Å²) in [7, 11) is 0. The molecule has 0 saturated heterocycles. The third-order valence-corrected chi connectivity index (χ3v) is 2.16. The van der Waals surface area contributed by atoms with E-state index in [0.717, 1.165) is 0 Å². The Morgan fingerprint density at radius 1 is 1.33 bits per heavy atom. The van der Waals surface area contributed by atoms with Crippen molar-refractivity contribution in [1.29, 1.82) is 0 Å². The lowest BCUT2D eigenvalue weighted by molar-refractivity contribution is 0.0815. The van der Waals surface area contributed by atoms with Crippen LogP contribution in [-0.2, 0) is 6.54 Å². The number of hydrogen-bond donors (Lipinski definition) is 1. The van der Waals surface area contributed by atoms with Gasteiger partial charge in [-0.15, -0.1) is 0 Å². The van der Waals surface area contributed by atoms with Crippen LogP contribution in [0, 0.1) is 0 Å². The van der Waals surface area contributed by atoms with E-state index in [1.165, 1.54) is 12.1 Å². The predicted octanol–water partition coefficient (Wildman–Crippen LogP) is 3.10. The van der Waals surface area contributed by atoms with E-state index < -0.39 is 13.0 Å². The van der Waals surface area contributed by atoms with Crippen molar-refractivity contribution in [2.75, 3.05) is 6.61 Å². The average molecular weight is 256 g/mol. The van der Waals surface area contributed by atoms with E-state index in [0.29, 0.717) is 10.6 Å². The topological polar surface area (TPSA) is 35.2 Å². The highest BCUT2D eigenvalue weighted by Crippen LogP contribution is 2.32. The largest absolute Gasteiger partial charge is 0.486 e. The van der Waals surface area contributed by atoms with E-state index in [1.54, 1.807) is 0 Å². The van der Waals surface area contributed by atoms with Gasteiger partial charge in [-0.3, -0.25) is 0 Å². The molecule has 84 valence electrons. The second kappa shape index (κ2) is 5.49. The lowest BCUT2D eigenvalue weighted by Gasteiger charge is -2.12. The van der Waals surface area contributed by atoms with Crippen molar-refractivity contribution in [1.82, 2.24) is 0 Å². The van der Waals surface area contributed by atoms with E-state index in [-0.39, 0.29) is 17.3 Å². The van der Waals surface area contributed by atoms with Crippen LogP contribution in [0.25, 0.3) is 0 Å². The maximum atomic E-state index is 11.9. The first-order valence-electron chi connectivity index (χ1n) is 4.13. The summed E-state index contributed by atoms with van der Waals surface area (Å²) >= 11 is 11.5. The maximum Gasteiger partial charge on any atom is 0.272 e. The van der Waals surface area contributed by atoms with E-state index >= 15 is 0 Å². The Hall–Kier alpha value is -0.580. The molecule has 1 aromatic rings. The van der Waals surface area contributed by atoms with Gasteiger partial charge < -0.3 is 10.5 Å². The molecular weight excluding hydrogens is 247 g/mol. The first-order valence-corrected chi connectivity index (χ1v) is 4.89. The molecule has 0 unspecified atom stereocenters. The van der Waals surface area contributed by atoms with Gasteiger partial charge in [0.1, 0.15) is 12.4 Å². The minimum atomic E-state index is -2.55. The maximum absolute atomic E-state index is 11.9. The summed E-state index contributed by atoms with van der Waals surface area (Å²) in [5, 5.41) is 0.577. The first kappa shape index (κ1) is 12.5. The van der Waals surface area contributed by atoms with Crippen molar-refractivity contribution in [2.45, 2.75) is 13.0 Å². The molecule has 1 aromatic carbocycles. The number of alkyl halides is 2. The average Bonchev–Trinajstić information content (AvgIpc) is 2.14. The number of ether oxygens (including phenoxy) is 1. The number of hydrogen-bond acceptors (Lipinski definition) is 2.